The highest BCUT2D eigenvalue weighted by molar-refractivity contribution is 7.07. The number of ether oxygens (including phenoxy) is 2. The van der Waals surface area contributed by atoms with Crippen molar-refractivity contribution in [1.82, 2.24) is 4.57 Å². The largest absolute Gasteiger partial charge is 0.508 e. The second-order valence-electron chi connectivity index (χ2n) is 8.13. The summed E-state index contributed by atoms with van der Waals surface area (Å²) >= 11 is 1.24. The molecule has 2 heterocycles. The molecule has 8 heteroatoms. The topological polar surface area (TPSA) is 90.1 Å². The third-order valence-corrected chi connectivity index (χ3v) is 6.24. The van der Waals surface area contributed by atoms with Gasteiger partial charge in [-0.15, -0.1) is 0 Å². The number of hydrogen-bond acceptors (Lipinski definition) is 7. The molecule has 0 aliphatic carbocycles. The molecular formula is C26H26N2O5S. The molecule has 1 aliphatic rings. The van der Waals surface area contributed by atoms with Crippen LogP contribution in [0.3, 0.4) is 0 Å². The quantitative estimate of drug-likeness (QED) is 0.549. The summed E-state index contributed by atoms with van der Waals surface area (Å²) in [5.74, 6) is 0.315. The average Bonchev–Trinajstić information content (AvgIpc) is 3.07. The zero-order valence-electron chi connectivity index (χ0n) is 19.4. The molecule has 7 nitrogen and oxygen atoms in total. The number of rotatable bonds is 6. The first-order valence-corrected chi connectivity index (χ1v) is 11.9. The van der Waals surface area contributed by atoms with Gasteiger partial charge in [0.2, 0.25) is 0 Å². The SMILES string of the molecule is CCOC(=O)C1=C(C)N=c2s/c(=C/c3cccc(O)c3)c(=O)n2C1c1ccc(OC(C)C)cc1. The molecule has 1 aromatic heterocycles. The van der Waals surface area contributed by atoms with Crippen LogP contribution in [0.25, 0.3) is 6.08 Å². The molecule has 176 valence electrons. The van der Waals surface area contributed by atoms with Crippen LogP contribution in [0, 0.1) is 0 Å². The number of aromatic nitrogens is 1. The molecule has 0 saturated carbocycles. The molecule has 0 amide bonds. The smallest absolute Gasteiger partial charge is 0.338 e. The van der Waals surface area contributed by atoms with Crippen LogP contribution in [0.4, 0.5) is 0 Å². The van der Waals surface area contributed by atoms with Crippen molar-refractivity contribution in [2.24, 2.45) is 4.99 Å². The van der Waals surface area contributed by atoms with E-state index in [0.717, 1.165) is 5.56 Å². The summed E-state index contributed by atoms with van der Waals surface area (Å²) in [5.41, 5.74) is 2.01. The first-order valence-electron chi connectivity index (χ1n) is 11.0. The van der Waals surface area contributed by atoms with Crippen LogP contribution < -0.4 is 19.6 Å². The van der Waals surface area contributed by atoms with Crippen molar-refractivity contribution in [3.05, 3.63) is 90.6 Å². The van der Waals surface area contributed by atoms with Crippen LogP contribution in [-0.4, -0.2) is 28.4 Å². The van der Waals surface area contributed by atoms with Gasteiger partial charge in [0, 0.05) is 0 Å². The fourth-order valence-electron chi connectivity index (χ4n) is 3.87. The van der Waals surface area contributed by atoms with Gasteiger partial charge in [0.1, 0.15) is 11.5 Å². The number of thiazole rings is 1. The number of benzene rings is 2. The predicted octanol–water partition coefficient (Wildman–Crippen LogP) is 3.29. The van der Waals surface area contributed by atoms with Gasteiger partial charge in [0.25, 0.3) is 5.56 Å². The molecule has 0 spiro atoms. The van der Waals surface area contributed by atoms with Crippen LogP contribution in [0.15, 0.2) is 69.6 Å². The van der Waals surface area contributed by atoms with E-state index in [1.807, 2.05) is 38.1 Å². The summed E-state index contributed by atoms with van der Waals surface area (Å²) in [7, 11) is 0. The molecular weight excluding hydrogens is 452 g/mol. The summed E-state index contributed by atoms with van der Waals surface area (Å²) in [6, 6.07) is 13.3. The van der Waals surface area contributed by atoms with E-state index in [1.165, 1.54) is 15.9 Å². The van der Waals surface area contributed by atoms with E-state index >= 15 is 0 Å². The Morgan fingerprint density at radius 3 is 2.62 bits per heavy atom. The summed E-state index contributed by atoms with van der Waals surface area (Å²) < 4.78 is 13.1. The number of nitrogens with zero attached hydrogens (tertiary/aromatic N) is 2. The van der Waals surface area contributed by atoms with Crippen molar-refractivity contribution in [3.8, 4) is 11.5 Å². The van der Waals surface area contributed by atoms with E-state index in [-0.39, 0.29) is 24.0 Å². The van der Waals surface area contributed by atoms with Crippen LogP contribution in [0.2, 0.25) is 0 Å². The van der Waals surface area contributed by atoms with Crippen molar-refractivity contribution in [1.29, 1.82) is 0 Å². The fraction of sp³-hybridized carbons (Fsp3) is 0.269. The number of carbonyl (C=O) groups excluding carboxylic acids is 1. The van der Waals surface area contributed by atoms with Gasteiger partial charge in [-0.05, 0) is 69.2 Å². The van der Waals surface area contributed by atoms with E-state index < -0.39 is 12.0 Å². The Morgan fingerprint density at radius 1 is 1.24 bits per heavy atom. The van der Waals surface area contributed by atoms with Crippen LogP contribution in [0.1, 0.15) is 44.9 Å². The molecule has 34 heavy (non-hydrogen) atoms. The number of allylic oxidation sites excluding steroid dienone is 1. The average molecular weight is 479 g/mol. The van der Waals surface area contributed by atoms with E-state index in [2.05, 4.69) is 4.99 Å². The van der Waals surface area contributed by atoms with Gasteiger partial charge < -0.3 is 14.6 Å². The minimum Gasteiger partial charge on any atom is -0.508 e. The monoisotopic (exact) mass is 478 g/mol. The Kier molecular flexibility index (Phi) is 6.70. The van der Waals surface area contributed by atoms with E-state index in [1.54, 1.807) is 44.2 Å². The maximum Gasteiger partial charge on any atom is 0.338 e. The normalized spacial score (nSPS) is 15.8. The predicted molar refractivity (Wildman–Crippen MR) is 131 cm³/mol. The van der Waals surface area contributed by atoms with Crippen LogP contribution >= 0.6 is 11.3 Å². The second-order valence-corrected chi connectivity index (χ2v) is 9.14. The molecule has 0 bridgehead atoms. The highest BCUT2D eigenvalue weighted by Crippen LogP contribution is 2.31. The summed E-state index contributed by atoms with van der Waals surface area (Å²) in [5, 5.41) is 9.78. The van der Waals surface area contributed by atoms with Gasteiger partial charge in [0.15, 0.2) is 4.80 Å². The second kappa shape index (κ2) is 9.69. The van der Waals surface area contributed by atoms with Crippen LogP contribution in [-0.2, 0) is 9.53 Å². The first-order chi connectivity index (χ1) is 16.3. The van der Waals surface area contributed by atoms with E-state index in [4.69, 9.17) is 9.47 Å². The van der Waals surface area contributed by atoms with Crippen molar-refractivity contribution < 1.29 is 19.4 Å². The summed E-state index contributed by atoms with van der Waals surface area (Å²) in [4.78, 5) is 31.6. The first kappa shape index (κ1) is 23.5. The van der Waals surface area contributed by atoms with Gasteiger partial charge in [-0.3, -0.25) is 9.36 Å². The van der Waals surface area contributed by atoms with Gasteiger partial charge in [-0.2, -0.15) is 0 Å². The zero-order chi connectivity index (χ0) is 24.4. The lowest BCUT2D eigenvalue weighted by atomic mass is 9.96. The van der Waals surface area contributed by atoms with Gasteiger partial charge in [-0.25, -0.2) is 9.79 Å². The minimum atomic E-state index is -0.685. The minimum absolute atomic E-state index is 0.0261. The highest BCUT2D eigenvalue weighted by Gasteiger charge is 2.33. The molecule has 0 fully saturated rings. The number of phenolic OH excluding ortho intramolecular Hbond substituents is 1. The third-order valence-electron chi connectivity index (χ3n) is 5.25. The van der Waals surface area contributed by atoms with Crippen molar-refractivity contribution in [2.45, 2.75) is 39.8 Å². The number of phenols is 1. The Morgan fingerprint density at radius 2 is 1.97 bits per heavy atom. The maximum atomic E-state index is 13.6. The zero-order valence-corrected chi connectivity index (χ0v) is 20.3. The molecule has 1 atom stereocenters. The lowest BCUT2D eigenvalue weighted by Crippen LogP contribution is -2.39. The Bertz CT molecular complexity index is 1430. The Labute approximate surface area is 200 Å². The molecule has 1 unspecified atom stereocenters. The van der Waals surface area contributed by atoms with Crippen LogP contribution in [0.5, 0.6) is 11.5 Å². The standard InChI is InChI=1S/C26H26N2O5S/c1-5-32-25(31)22-16(4)27-26-28(23(22)18-9-11-20(12-10-18)33-15(2)3)24(30)21(34-26)14-17-7-6-8-19(29)13-17/h6-15,23,29H,5H2,1-4H3/b21-14+. The summed E-state index contributed by atoms with van der Waals surface area (Å²) in [6.07, 6.45) is 1.74. The van der Waals surface area contributed by atoms with Crippen molar-refractivity contribution in [2.75, 3.05) is 6.61 Å². The molecule has 1 aliphatic heterocycles. The molecule has 4 rings (SSSR count). The fourth-order valence-corrected chi connectivity index (χ4v) is 4.92. The number of carbonyl (C=O) groups is 1. The van der Waals surface area contributed by atoms with Gasteiger partial charge in [-0.1, -0.05) is 35.6 Å². The molecule has 0 saturated heterocycles. The number of esters is 1. The van der Waals surface area contributed by atoms with E-state index in [9.17, 15) is 14.7 Å². The molecule has 1 N–H and O–H groups in total. The number of aromatic hydroxyl groups is 1. The third kappa shape index (κ3) is 4.68. The van der Waals surface area contributed by atoms with Crippen molar-refractivity contribution in [3.63, 3.8) is 0 Å². The summed E-state index contributed by atoms with van der Waals surface area (Å²) in [6.45, 7) is 7.60. The van der Waals surface area contributed by atoms with E-state index in [0.29, 0.717) is 31.9 Å². The van der Waals surface area contributed by atoms with Gasteiger partial charge >= 0.3 is 5.97 Å². The van der Waals surface area contributed by atoms with Gasteiger partial charge in [0.05, 0.1) is 34.6 Å². The number of fused-ring (bicyclic) bond motifs is 1. The number of hydrogen-bond donors (Lipinski definition) is 1. The molecule has 3 aromatic rings. The lowest BCUT2D eigenvalue weighted by molar-refractivity contribution is -0.139. The lowest BCUT2D eigenvalue weighted by Gasteiger charge is -2.25. The Balaban J connectivity index is 1.90. The van der Waals surface area contributed by atoms with Crippen molar-refractivity contribution >= 4 is 23.4 Å². The molecule has 2 aromatic carbocycles. The maximum absolute atomic E-state index is 13.6. The Hall–Kier alpha value is -3.65. The highest BCUT2D eigenvalue weighted by atomic mass is 32.1. The molecule has 0 radical (unpaired) electrons.